The molecule has 1 aliphatic heterocycles. The van der Waals surface area contributed by atoms with E-state index in [2.05, 4.69) is 0 Å². The zero-order valence-electron chi connectivity index (χ0n) is 18.7. The maximum Gasteiger partial charge on any atom is 0.490 e. The smallest absolute Gasteiger partial charge is 0.465 e. The van der Waals surface area contributed by atoms with Crippen molar-refractivity contribution < 1.29 is 28.4 Å². The first-order valence-corrected chi connectivity index (χ1v) is 10.8. The third kappa shape index (κ3) is 4.57. The molecule has 0 bridgehead atoms. The number of carbonyl (C=O) groups excluding carboxylic acids is 2. The Hall–Kier alpha value is -1.86. The minimum atomic E-state index is -0.868. The molecule has 3 rings (SSSR count). The van der Waals surface area contributed by atoms with Crippen LogP contribution in [0.1, 0.15) is 60.3 Å². The number of esters is 2. The highest BCUT2D eigenvalue weighted by Gasteiger charge is 2.53. The van der Waals surface area contributed by atoms with Gasteiger partial charge >= 0.3 is 19.1 Å². The topological polar surface area (TPSA) is 71.1 Å². The van der Waals surface area contributed by atoms with Crippen LogP contribution in [0.15, 0.2) is 35.9 Å². The van der Waals surface area contributed by atoms with E-state index in [1.807, 2.05) is 58.1 Å². The SMILES string of the molecule is CCOC(=O)C1(COC(=O)C2C=CC=CC2)CC=C(B2OC(C)(C)C(C)(C)O2)CC1. The molecule has 1 fully saturated rings. The molecule has 0 aromatic heterocycles. The average molecular weight is 416 g/mol. The lowest BCUT2D eigenvalue weighted by atomic mass is 9.66. The van der Waals surface area contributed by atoms with Gasteiger partial charge in [0.15, 0.2) is 0 Å². The normalized spacial score (nSPS) is 29.4. The Morgan fingerprint density at radius 1 is 1.13 bits per heavy atom. The fourth-order valence-electron chi connectivity index (χ4n) is 3.85. The Labute approximate surface area is 179 Å². The summed E-state index contributed by atoms with van der Waals surface area (Å²) in [5.41, 5.74) is -0.662. The molecule has 2 unspecified atom stereocenters. The van der Waals surface area contributed by atoms with Crippen LogP contribution in [0.25, 0.3) is 0 Å². The van der Waals surface area contributed by atoms with Crippen LogP contribution in [-0.4, -0.2) is 43.5 Å². The maximum absolute atomic E-state index is 12.8. The summed E-state index contributed by atoms with van der Waals surface area (Å²) in [5.74, 6) is -0.921. The average Bonchev–Trinajstić information content (AvgIpc) is 2.94. The molecule has 30 heavy (non-hydrogen) atoms. The monoisotopic (exact) mass is 416 g/mol. The van der Waals surface area contributed by atoms with Crippen molar-refractivity contribution in [1.82, 2.24) is 0 Å². The van der Waals surface area contributed by atoms with E-state index in [1.165, 1.54) is 0 Å². The summed E-state index contributed by atoms with van der Waals surface area (Å²) in [4.78, 5) is 25.3. The van der Waals surface area contributed by atoms with Gasteiger partial charge in [-0.3, -0.25) is 9.59 Å². The molecule has 2 aliphatic carbocycles. The summed E-state index contributed by atoms with van der Waals surface area (Å²) in [6, 6.07) is 0. The van der Waals surface area contributed by atoms with Crippen molar-refractivity contribution in [2.24, 2.45) is 11.3 Å². The van der Waals surface area contributed by atoms with Crippen LogP contribution in [0.5, 0.6) is 0 Å². The molecule has 0 amide bonds. The van der Waals surface area contributed by atoms with Gasteiger partial charge < -0.3 is 18.8 Å². The van der Waals surface area contributed by atoms with Gasteiger partial charge in [-0.2, -0.15) is 0 Å². The molecule has 6 nitrogen and oxygen atoms in total. The molecule has 1 saturated heterocycles. The zero-order valence-corrected chi connectivity index (χ0v) is 18.7. The van der Waals surface area contributed by atoms with Crippen molar-refractivity contribution in [3.8, 4) is 0 Å². The highest BCUT2D eigenvalue weighted by Crippen LogP contribution is 2.43. The Kier molecular flexibility index (Phi) is 6.63. The van der Waals surface area contributed by atoms with Crippen LogP contribution < -0.4 is 0 Å². The zero-order chi connectivity index (χ0) is 22.0. The minimum absolute atomic E-state index is 0.0197. The molecule has 7 heteroatoms. The van der Waals surface area contributed by atoms with Gasteiger partial charge in [-0.1, -0.05) is 30.4 Å². The summed E-state index contributed by atoms with van der Waals surface area (Å²) >= 11 is 0. The Morgan fingerprint density at radius 3 is 2.37 bits per heavy atom. The lowest BCUT2D eigenvalue weighted by molar-refractivity contribution is -0.165. The number of hydrogen-bond acceptors (Lipinski definition) is 6. The van der Waals surface area contributed by atoms with E-state index in [0.717, 1.165) is 5.47 Å². The Morgan fingerprint density at radius 2 is 1.83 bits per heavy atom. The molecule has 0 saturated carbocycles. The highest BCUT2D eigenvalue weighted by atomic mass is 16.7. The van der Waals surface area contributed by atoms with Crippen LogP contribution in [0.3, 0.4) is 0 Å². The molecule has 0 spiro atoms. The lowest BCUT2D eigenvalue weighted by Gasteiger charge is -2.34. The van der Waals surface area contributed by atoms with Gasteiger partial charge in [0.25, 0.3) is 0 Å². The molecular formula is C23H33BO6. The van der Waals surface area contributed by atoms with Crippen LogP contribution >= 0.6 is 0 Å². The van der Waals surface area contributed by atoms with E-state index < -0.39 is 23.7 Å². The van der Waals surface area contributed by atoms with Crippen molar-refractivity contribution >= 4 is 19.1 Å². The summed E-state index contributed by atoms with van der Waals surface area (Å²) in [5, 5.41) is 0. The first-order chi connectivity index (χ1) is 14.1. The quantitative estimate of drug-likeness (QED) is 0.482. The first-order valence-electron chi connectivity index (χ1n) is 10.8. The van der Waals surface area contributed by atoms with Gasteiger partial charge in [0.05, 0.1) is 23.7 Å². The van der Waals surface area contributed by atoms with Gasteiger partial charge in [-0.25, -0.2) is 0 Å². The van der Waals surface area contributed by atoms with Gasteiger partial charge in [-0.15, -0.1) is 0 Å². The molecule has 0 aromatic rings. The third-order valence-electron chi connectivity index (χ3n) is 6.69. The predicted molar refractivity (Wildman–Crippen MR) is 114 cm³/mol. The van der Waals surface area contributed by atoms with E-state index in [9.17, 15) is 9.59 Å². The molecule has 0 N–H and O–H groups in total. The lowest BCUT2D eigenvalue weighted by Crippen LogP contribution is -2.41. The second-order valence-corrected chi connectivity index (χ2v) is 9.34. The predicted octanol–water partition coefficient (Wildman–Crippen LogP) is 3.95. The third-order valence-corrected chi connectivity index (χ3v) is 6.69. The van der Waals surface area contributed by atoms with Crippen LogP contribution in [0.2, 0.25) is 0 Å². The molecule has 1 heterocycles. The summed E-state index contributed by atoms with van der Waals surface area (Å²) in [6.07, 6.45) is 11.7. The second kappa shape index (κ2) is 8.71. The number of ether oxygens (including phenoxy) is 2. The van der Waals surface area contributed by atoms with Crippen LogP contribution in [0, 0.1) is 11.3 Å². The highest BCUT2D eigenvalue weighted by molar-refractivity contribution is 6.54. The molecule has 3 aliphatic rings. The summed E-state index contributed by atoms with van der Waals surface area (Å²) < 4.78 is 23.2. The largest absolute Gasteiger partial charge is 0.490 e. The van der Waals surface area contributed by atoms with Crippen LogP contribution in [0.4, 0.5) is 0 Å². The fraction of sp³-hybridized carbons (Fsp3) is 0.652. The maximum atomic E-state index is 12.8. The molecule has 0 aromatic carbocycles. The van der Waals surface area contributed by atoms with Gasteiger partial charge in [0, 0.05) is 0 Å². The van der Waals surface area contributed by atoms with E-state index in [1.54, 1.807) is 6.92 Å². The van der Waals surface area contributed by atoms with Gasteiger partial charge in [-0.05, 0) is 65.8 Å². The number of allylic oxidation sites excluding steroid dienone is 5. The van der Waals surface area contributed by atoms with Crippen molar-refractivity contribution in [3.05, 3.63) is 35.9 Å². The number of carbonyl (C=O) groups is 2. The van der Waals surface area contributed by atoms with Gasteiger partial charge in [0.2, 0.25) is 0 Å². The Bertz CT molecular complexity index is 750. The van der Waals surface area contributed by atoms with E-state index in [0.29, 0.717) is 32.3 Å². The van der Waals surface area contributed by atoms with Crippen molar-refractivity contribution in [1.29, 1.82) is 0 Å². The molecule has 164 valence electrons. The number of rotatable bonds is 6. The van der Waals surface area contributed by atoms with Crippen molar-refractivity contribution in [3.63, 3.8) is 0 Å². The Balaban J connectivity index is 1.69. The number of hydrogen-bond donors (Lipinski definition) is 0. The summed E-state index contributed by atoms with van der Waals surface area (Å²) in [7, 11) is -0.420. The van der Waals surface area contributed by atoms with E-state index in [4.69, 9.17) is 18.8 Å². The second-order valence-electron chi connectivity index (χ2n) is 9.34. The van der Waals surface area contributed by atoms with Crippen molar-refractivity contribution in [2.45, 2.75) is 71.5 Å². The fourth-order valence-corrected chi connectivity index (χ4v) is 3.85. The van der Waals surface area contributed by atoms with E-state index >= 15 is 0 Å². The minimum Gasteiger partial charge on any atom is -0.465 e. The van der Waals surface area contributed by atoms with E-state index in [-0.39, 0.29) is 24.5 Å². The molecule has 2 atom stereocenters. The molecular weight excluding hydrogens is 383 g/mol. The molecule has 0 radical (unpaired) electrons. The van der Waals surface area contributed by atoms with Crippen LogP contribution in [-0.2, 0) is 28.4 Å². The van der Waals surface area contributed by atoms with Crippen molar-refractivity contribution in [2.75, 3.05) is 13.2 Å². The summed E-state index contributed by atoms with van der Waals surface area (Å²) in [6.45, 7) is 10.2. The first kappa shape index (κ1) is 22.8. The van der Waals surface area contributed by atoms with Gasteiger partial charge in [0.1, 0.15) is 12.0 Å². The standard InChI is InChI=1S/C23H33BO6/c1-6-27-20(26)23(16-28-19(25)17-10-8-7-9-11-17)14-12-18(13-15-23)24-29-21(2,3)22(4,5)30-24/h7-10,12,17H,6,11,13-16H2,1-5H3.